The second kappa shape index (κ2) is 9.07. The Balaban J connectivity index is 0.00000131. The van der Waals surface area contributed by atoms with Crippen LogP contribution in [0.4, 0.5) is 0 Å². The van der Waals surface area contributed by atoms with E-state index in [0.29, 0.717) is 23.4 Å². The summed E-state index contributed by atoms with van der Waals surface area (Å²) in [5.74, 6) is 0.485. The third-order valence-corrected chi connectivity index (χ3v) is 5.69. The van der Waals surface area contributed by atoms with Crippen molar-refractivity contribution < 1.29 is 9.90 Å². The number of hydrogen-bond donors (Lipinski definition) is 1. The number of rotatable bonds is 4. The van der Waals surface area contributed by atoms with Gasteiger partial charge in [0.2, 0.25) is 0 Å². The Morgan fingerprint density at radius 2 is 1.78 bits per heavy atom. The SMILES string of the molecule is CN1C[C@H]2CN(Cc3cccc(C(=O)O)c3)C[C@H]2[C@@H]1c1ccccc1.Cl.Cl. The van der Waals surface area contributed by atoms with Gasteiger partial charge < -0.3 is 5.11 Å². The molecular weight excluding hydrogens is 383 g/mol. The van der Waals surface area contributed by atoms with Crippen molar-refractivity contribution in [3.8, 4) is 0 Å². The summed E-state index contributed by atoms with van der Waals surface area (Å²) in [5.41, 5.74) is 2.87. The van der Waals surface area contributed by atoms with E-state index in [2.05, 4.69) is 47.2 Å². The van der Waals surface area contributed by atoms with Crippen molar-refractivity contribution in [2.45, 2.75) is 12.6 Å². The van der Waals surface area contributed by atoms with Gasteiger partial charge in [0.1, 0.15) is 0 Å². The fourth-order valence-corrected chi connectivity index (χ4v) is 4.69. The van der Waals surface area contributed by atoms with Crippen LogP contribution in [0, 0.1) is 11.8 Å². The normalized spacial score (nSPS) is 24.7. The lowest BCUT2D eigenvalue weighted by Crippen LogP contribution is -2.28. The van der Waals surface area contributed by atoms with E-state index < -0.39 is 5.97 Å². The molecule has 2 aromatic carbocycles. The highest BCUT2D eigenvalue weighted by atomic mass is 35.5. The molecule has 6 heteroatoms. The minimum Gasteiger partial charge on any atom is -0.478 e. The zero-order chi connectivity index (χ0) is 17.4. The van der Waals surface area contributed by atoms with Crippen LogP contribution in [0.15, 0.2) is 54.6 Å². The molecule has 2 heterocycles. The molecule has 2 aliphatic rings. The lowest BCUT2D eigenvalue weighted by Gasteiger charge is -2.27. The summed E-state index contributed by atoms with van der Waals surface area (Å²) in [4.78, 5) is 16.1. The van der Waals surface area contributed by atoms with Crippen molar-refractivity contribution in [3.63, 3.8) is 0 Å². The molecule has 2 aliphatic heterocycles. The van der Waals surface area contributed by atoms with Crippen molar-refractivity contribution in [2.24, 2.45) is 11.8 Å². The number of halogens is 2. The zero-order valence-corrected chi connectivity index (χ0v) is 17.0. The number of benzene rings is 2. The lowest BCUT2D eigenvalue weighted by atomic mass is 9.90. The average Bonchev–Trinajstić information content (AvgIpc) is 3.11. The smallest absolute Gasteiger partial charge is 0.335 e. The minimum absolute atomic E-state index is 0. The molecule has 3 atom stereocenters. The lowest BCUT2D eigenvalue weighted by molar-refractivity contribution is 0.0696. The van der Waals surface area contributed by atoms with Crippen LogP contribution in [0.1, 0.15) is 27.5 Å². The molecule has 0 amide bonds. The van der Waals surface area contributed by atoms with Crippen molar-refractivity contribution in [3.05, 3.63) is 71.3 Å². The highest BCUT2D eigenvalue weighted by Gasteiger charge is 2.45. The van der Waals surface area contributed by atoms with E-state index in [0.717, 1.165) is 31.7 Å². The van der Waals surface area contributed by atoms with Crippen LogP contribution in [0.25, 0.3) is 0 Å². The van der Waals surface area contributed by atoms with Crippen LogP contribution >= 0.6 is 24.8 Å². The van der Waals surface area contributed by atoms with Gasteiger partial charge >= 0.3 is 5.97 Å². The summed E-state index contributed by atoms with van der Waals surface area (Å²) in [7, 11) is 2.23. The van der Waals surface area contributed by atoms with E-state index in [-0.39, 0.29) is 24.8 Å². The number of hydrogen-bond acceptors (Lipinski definition) is 3. The van der Waals surface area contributed by atoms with E-state index in [1.807, 2.05) is 12.1 Å². The van der Waals surface area contributed by atoms with E-state index in [9.17, 15) is 9.90 Å². The van der Waals surface area contributed by atoms with Crippen LogP contribution < -0.4 is 0 Å². The molecule has 2 fully saturated rings. The molecule has 0 bridgehead atoms. The minimum atomic E-state index is -0.856. The first-order chi connectivity index (χ1) is 12.1. The Kier molecular flexibility index (Phi) is 7.29. The first kappa shape index (κ1) is 21.7. The largest absolute Gasteiger partial charge is 0.478 e. The van der Waals surface area contributed by atoms with Gasteiger partial charge in [-0.05, 0) is 42.1 Å². The molecule has 0 unspecified atom stereocenters. The number of carbonyl (C=O) groups is 1. The fraction of sp³-hybridized carbons (Fsp3) is 0.381. The number of fused-ring (bicyclic) bond motifs is 1. The third kappa shape index (κ3) is 4.46. The predicted octanol–water partition coefficient (Wildman–Crippen LogP) is 3.96. The summed E-state index contributed by atoms with van der Waals surface area (Å²) in [6, 6.07) is 18.6. The number of carboxylic acid groups (broad SMARTS) is 1. The fourth-order valence-electron chi connectivity index (χ4n) is 4.69. The highest BCUT2D eigenvalue weighted by Crippen LogP contribution is 2.44. The van der Waals surface area contributed by atoms with Crippen LogP contribution in [0.3, 0.4) is 0 Å². The Morgan fingerprint density at radius 1 is 1.04 bits per heavy atom. The van der Waals surface area contributed by atoms with Crippen molar-refractivity contribution in [1.29, 1.82) is 0 Å². The first-order valence-corrected chi connectivity index (χ1v) is 8.91. The molecule has 0 radical (unpaired) electrons. The van der Waals surface area contributed by atoms with Gasteiger partial charge in [-0.3, -0.25) is 9.80 Å². The summed E-state index contributed by atoms with van der Waals surface area (Å²) < 4.78 is 0. The summed E-state index contributed by atoms with van der Waals surface area (Å²) >= 11 is 0. The van der Waals surface area contributed by atoms with Crippen molar-refractivity contribution >= 4 is 30.8 Å². The second-order valence-corrected chi connectivity index (χ2v) is 7.42. The van der Waals surface area contributed by atoms with Gasteiger partial charge in [0, 0.05) is 32.2 Å². The van der Waals surface area contributed by atoms with Gasteiger partial charge in [0.05, 0.1) is 5.56 Å². The molecule has 4 rings (SSSR count). The second-order valence-electron chi connectivity index (χ2n) is 7.42. The molecule has 2 aromatic rings. The van der Waals surface area contributed by atoms with Crippen LogP contribution in [-0.4, -0.2) is 47.6 Å². The molecule has 0 saturated carbocycles. The monoisotopic (exact) mass is 408 g/mol. The molecular formula is C21H26Cl2N2O2. The Labute approximate surface area is 173 Å². The molecule has 2 saturated heterocycles. The standard InChI is InChI=1S/C21H24N2O2.2ClH/c1-22-12-18-13-23(11-15-6-5-9-17(10-15)21(24)25)14-19(18)20(22)16-7-3-2-4-8-16;;/h2-10,18-20H,11-14H2,1H3,(H,24,25);2*1H/t18-,19+,20-;;/m0../s1. The van der Waals surface area contributed by atoms with Crippen LogP contribution in [0.5, 0.6) is 0 Å². The maximum absolute atomic E-state index is 11.2. The number of nitrogens with zero attached hydrogens (tertiary/aromatic N) is 2. The Hall–Kier alpha value is -1.59. The van der Waals surface area contributed by atoms with Crippen molar-refractivity contribution in [1.82, 2.24) is 9.80 Å². The van der Waals surface area contributed by atoms with Gasteiger partial charge in [-0.25, -0.2) is 4.79 Å². The molecule has 27 heavy (non-hydrogen) atoms. The molecule has 0 aliphatic carbocycles. The molecule has 4 nitrogen and oxygen atoms in total. The van der Waals surface area contributed by atoms with Crippen LogP contribution in [-0.2, 0) is 6.54 Å². The maximum atomic E-state index is 11.2. The quantitative estimate of drug-likeness (QED) is 0.830. The van der Waals surface area contributed by atoms with Gasteiger partial charge in [-0.15, -0.1) is 24.8 Å². The molecule has 0 aromatic heterocycles. The van der Waals surface area contributed by atoms with Gasteiger partial charge in [-0.2, -0.15) is 0 Å². The average molecular weight is 409 g/mol. The van der Waals surface area contributed by atoms with E-state index in [1.54, 1.807) is 12.1 Å². The van der Waals surface area contributed by atoms with Gasteiger partial charge in [0.25, 0.3) is 0 Å². The number of aromatic carboxylic acids is 1. The van der Waals surface area contributed by atoms with Gasteiger partial charge in [0.15, 0.2) is 0 Å². The molecule has 1 N–H and O–H groups in total. The number of carboxylic acids is 1. The van der Waals surface area contributed by atoms with E-state index in [1.165, 1.54) is 5.56 Å². The molecule has 0 spiro atoms. The summed E-state index contributed by atoms with van der Waals surface area (Å²) in [5, 5.41) is 9.17. The summed E-state index contributed by atoms with van der Waals surface area (Å²) in [6.45, 7) is 4.14. The van der Waals surface area contributed by atoms with Crippen LogP contribution in [0.2, 0.25) is 0 Å². The van der Waals surface area contributed by atoms with Gasteiger partial charge in [-0.1, -0.05) is 42.5 Å². The van der Waals surface area contributed by atoms with E-state index in [4.69, 9.17) is 0 Å². The Morgan fingerprint density at radius 3 is 2.48 bits per heavy atom. The topological polar surface area (TPSA) is 43.8 Å². The highest BCUT2D eigenvalue weighted by molar-refractivity contribution is 5.87. The summed E-state index contributed by atoms with van der Waals surface area (Å²) in [6.07, 6.45) is 0. The van der Waals surface area contributed by atoms with E-state index >= 15 is 0 Å². The number of likely N-dealkylation sites (tertiary alicyclic amines) is 2. The first-order valence-electron chi connectivity index (χ1n) is 8.91. The maximum Gasteiger partial charge on any atom is 0.335 e. The predicted molar refractivity (Wildman–Crippen MR) is 112 cm³/mol. The van der Waals surface area contributed by atoms with Crippen molar-refractivity contribution in [2.75, 3.05) is 26.7 Å². The Bertz CT molecular complexity index is 772. The third-order valence-electron chi connectivity index (χ3n) is 5.69. The molecule has 146 valence electrons. The zero-order valence-electron chi connectivity index (χ0n) is 15.3.